The Morgan fingerprint density at radius 3 is 2.46 bits per heavy atom. The van der Waals surface area contributed by atoms with Gasteiger partial charge in [0.25, 0.3) is 0 Å². The molecule has 136 valence electrons. The van der Waals surface area contributed by atoms with Gasteiger partial charge in [-0.25, -0.2) is 17.5 Å². The van der Waals surface area contributed by atoms with E-state index >= 15 is 0 Å². The highest BCUT2D eigenvalue weighted by Gasteiger charge is 2.13. The average Bonchev–Trinajstić information content (AvgIpc) is 3.06. The average molecular weight is 396 g/mol. The number of rotatable bonds is 7. The van der Waals surface area contributed by atoms with Crippen molar-refractivity contribution in [1.82, 2.24) is 14.9 Å². The van der Waals surface area contributed by atoms with Crippen LogP contribution in [0.5, 0.6) is 0 Å². The first-order valence-electron chi connectivity index (χ1n) is 7.72. The lowest BCUT2D eigenvalue weighted by Gasteiger charge is -2.05. The van der Waals surface area contributed by atoms with Crippen molar-refractivity contribution in [3.8, 4) is 11.4 Å². The molecule has 3 rings (SSSR count). The van der Waals surface area contributed by atoms with Gasteiger partial charge in [0.2, 0.25) is 21.7 Å². The van der Waals surface area contributed by atoms with Crippen LogP contribution in [-0.4, -0.2) is 25.1 Å². The first kappa shape index (κ1) is 18.5. The highest BCUT2D eigenvalue weighted by molar-refractivity contribution is 7.88. The lowest BCUT2D eigenvalue weighted by molar-refractivity contribution is 0.379. The van der Waals surface area contributed by atoms with Crippen LogP contribution in [0.3, 0.4) is 0 Å². The first-order valence-corrected chi connectivity index (χ1v) is 9.75. The minimum atomic E-state index is -3.49. The van der Waals surface area contributed by atoms with Crippen LogP contribution in [0.1, 0.15) is 11.5 Å². The summed E-state index contributed by atoms with van der Waals surface area (Å²) in [7, 11) is -3.49. The number of nitrogens with zero attached hydrogens (tertiary/aromatic N) is 2. The van der Waals surface area contributed by atoms with Gasteiger partial charge in [-0.05, 0) is 42.0 Å². The van der Waals surface area contributed by atoms with Crippen molar-refractivity contribution >= 4 is 21.6 Å². The van der Waals surface area contributed by atoms with E-state index in [1.807, 2.05) is 0 Å². The zero-order chi connectivity index (χ0) is 18.6. The molecule has 0 saturated carbocycles. The molecule has 26 heavy (non-hydrogen) atoms. The summed E-state index contributed by atoms with van der Waals surface area (Å²) in [4.78, 5) is 4.17. The maximum Gasteiger partial charge on any atom is 0.228 e. The fourth-order valence-electron chi connectivity index (χ4n) is 2.24. The molecule has 0 aliphatic carbocycles. The van der Waals surface area contributed by atoms with Crippen LogP contribution < -0.4 is 4.72 Å². The Kier molecular flexibility index (Phi) is 5.65. The van der Waals surface area contributed by atoms with Crippen LogP contribution in [0.25, 0.3) is 11.4 Å². The van der Waals surface area contributed by atoms with Gasteiger partial charge < -0.3 is 4.52 Å². The predicted molar refractivity (Wildman–Crippen MR) is 95.5 cm³/mol. The molecule has 0 saturated heterocycles. The van der Waals surface area contributed by atoms with Crippen molar-refractivity contribution in [3.05, 3.63) is 70.8 Å². The molecule has 0 fully saturated rings. The van der Waals surface area contributed by atoms with E-state index in [9.17, 15) is 12.8 Å². The number of halogens is 2. The normalized spacial score (nSPS) is 11.6. The summed E-state index contributed by atoms with van der Waals surface area (Å²) >= 11 is 5.78. The van der Waals surface area contributed by atoms with Gasteiger partial charge in [-0.1, -0.05) is 28.9 Å². The van der Waals surface area contributed by atoms with Crippen LogP contribution in [0.15, 0.2) is 53.1 Å². The topological polar surface area (TPSA) is 85.1 Å². The summed E-state index contributed by atoms with van der Waals surface area (Å²) in [5.41, 5.74) is 1.25. The maximum absolute atomic E-state index is 12.9. The Morgan fingerprint density at radius 1 is 1.08 bits per heavy atom. The van der Waals surface area contributed by atoms with E-state index < -0.39 is 10.0 Å². The Morgan fingerprint density at radius 2 is 1.77 bits per heavy atom. The molecular formula is C17H15ClFN3O3S. The van der Waals surface area contributed by atoms with E-state index in [0.717, 1.165) is 0 Å². The number of sulfonamides is 1. The molecule has 0 aliphatic rings. The molecule has 1 aromatic heterocycles. The van der Waals surface area contributed by atoms with Crippen LogP contribution >= 0.6 is 11.6 Å². The van der Waals surface area contributed by atoms with Crippen molar-refractivity contribution in [3.63, 3.8) is 0 Å². The molecule has 2 aromatic carbocycles. The van der Waals surface area contributed by atoms with Crippen LogP contribution in [-0.2, 0) is 22.2 Å². The highest BCUT2D eigenvalue weighted by atomic mass is 35.5. The number of benzene rings is 2. The molecule has 1 N–H and O–H groups in total. The van der Waals surface area contributed by atoms with E-state index in [1.165, 1.54) is 12.1 Å². The van der Waals surface area contributed by atoms with E-state index in [4.69, 9.17) is 16.1 Å². The van der Waals surface area contributed by atoms with Gasteiger partial charge in [0.15, 0.2) is 0 Å². The van der Waals surface area contributed by atoms with Crippen LogP contribution in [0.4, 0.5) is 4.39 Å². The lowest BCUT2D eigenvalue weighted by atomic mass is 10.2. The van der Waals surface area contributed by atoms with Crippen molar-refractivity contribution in [2.45, 2.75) is 12.2 Å². The van der Waals surface area contributed by atoms with Gasteiger partial charge in [-0.2, -0.15) is 4.98 Å². The van der Waals surface area contributed by atoms with Crippen LogP contribution in [0, 0.1) is 5.82 Å². The minimum Gasteiger partial charge on any atom is -0.339 e. The number of aromatic nitrogens is 2. The highest BCUT2D eigenvalue weighted by Crippen LogP contribution is 2.16. The van der Waals surface area contributed by atoms with Crippen molar-refractivity contribution < 1.29 is 17.3 Å². The molecule has 0 aliphatic heterocycles. The fourth-order valence-corrected chi connectivity index (χ4v) is 3.51. The third-order valence-electron chi connectivity index (χ3n) is 3.50. The van der Waals surface area contributed by atoms with E-state index in [-0.39, 0.29) is 24.5 Å². The minimum absolute atomic E-state index is 0.126. The third-order valence-corrected chi connectivity index (χ3v) is 5.11. The molecule has 0 amide bonds. The van der Waals surface area contributed by atoms with Crippen molar-refractivity contribution in [2.75, 3.05) is 6.54 Å². The summed E-state index contributed by atoms with van der Waals surface area (Å²) in [6.07, 6.45) is 0.244. The first-order chi connectivity index (χ1) is 12.4. The quantitative estimate of drug-likeness (QED) is 0.664. The van der Waals surface area contributed by atoms with Gasteiger partial charge in [0.05, 0.1) is 5.75 Å². The monoisotopic (exact) mass is 395 g/mol. The van der Waals surface area contributed by atoms with Crippen molar-refractivity contribution in [2.24, 2.45) is 0 Å². The summed E-state index contributed by atoms with van der Waals surface area (Å²) < 4.78 is 44.7. The van der Waals surface area contributed by atoms with Gasteiger partial charge in [0, 0.05) is 23.6 Å². The lowest BCUT2D eigenvalue weighted by Crippen LogP contribution is -2.27. The molecule has 0 bridgehead atoms. The van der Waals surface area contributed by atoms with Crippen LogP contribution in [0.2, 0.25) is 5.02 Å². The Bertz CT molecular complexity index is 973. The summed E-state index contributed by atoms with van der Waals surface area (Å²) in [6.45, 7) is 0.126. The van der Waals surface area contributed by atoms with E-state index in [2.05, 4.69) is 14.9 Å². The number of hydrogen-bond donors (Lipinski definition) is 1. The molecule has 0 spiro atoms. The zero-order valence-electron chi connectivity index (χ0n) is 13.5. The SMILES string of the molecule is O=S(=O)(Cc1ccc(Cl)cc1)NCCc1nc(-c2ccc(F)cc2)no1. The summed E-state index contributed by atoms with van der Waals surface area (Å²) in [5, 5.41) is 4.36. The maximum atomic E-state index is 12.9. The second kappa shape index (κ2) is 7.94. The predicted octanol–water partition coefficient (Wildman–Crippen LogP) is 3.19. The molecule has 0 radical (unpaired) electrons. The second-order valence-corrected chi connectivity index (χ2v) is 7.79. The Hall–Kier alpha value is -2.29. The van der Waals surface area contributed by atoms with E-state index in [1.54, 1.807) is 36.4 Å². The largest absolute Gasteiger partial charge is 0.339 e. The number of hydrogen-bond acceptors (Lipinski definition) is 5. The number of nitrogens with one attached hydrogen (secondary N) is 1. The standard InChI is InChI=1S/C17H15ClFN3O3S/c18-14-5-1-12(2-6-14)11-26(23,24)20-10-9-16-21-17(22-25-16)13-3-7-15(19)8-4-13/h1-8,20H,9-11H2. The Labute approximate surface area is 155 Å². The van der Waals surface area contributed by atoms with E-state index in [0.29, 0.717) is 27.9 Å². The molecule has 3 aromatic rings. The molecule has 6 nitrogen and oxygen atoms in total. The molecular weight excluding hydrogens is 381 g/mol. The molecule has 0 unspecified atom stereocenters. The smallest absolute Gasteiger partial charge is 0.228 e. The second-order valence-electron chi connectivity index (χ2n) is 5.55. The van der Waals surface area contributed by atoms with Gasteiger partial charge in [0.1, 0.15) is 5.82 Å². The summed E-state index contributed by atoms with van der Waals surface area (Å²) in [6, 6.07) is 12.3. The molecule has 1 heterocycles. The van der Waals surface area contributed by atoms with Gasteiger partial charge >= 0.3 is 0 Å². The molecule has 9 heteroatoms. The summed E-state index contributed by atoms with van der Waals surface area (Å²) in [5.74, 6) is 0.115. The van der Waals surface area contributed by atoms with Crippen molar-refractivity contribution in [1.29, 1.82) is 0 Å². The molecule has 0 atom stereocenters. The van der Waals surface area contributed by atoms with Gasteiger partial charge in [-0.3, -0.25) is 0 Å². The fraction of sp³-hybridized carbons (Fsp3) is 0.176. The third kappa shape index (κ3) is 5.10. The zero-order valence-corrected chi connectivity index (χ0v) is 15.1. The van der Waals surface area contributed by atoms with Gasteiger partial charge in [-0.15, -0.1) is 0 Å². The Balaban J connectivity index is 1.54.